The molecule has 0 saturated carbocycles. The van der Waals surface area contributed by atoms with Crippen LogP contribution >= 0.6 is 22.0 Å². The van der Waals surface area contributed by atoms with Crippen molar-refractivity contribution < 1.29 is 17.9 Å². The molecule has 106 valence electrons. The van der Waals surface area contributed by atoms with Gasteiger partial charge in [0.1, 0.15) is 9.77 Å². The highest BCUT2D eigenvalue weighted by atomic mass is 35.7. The van der Waals surface area contributed by atoms with Crippen molar-refractivity contribution in [2.75, 3.05) is 7.11 Å². The Hall–Kier alpha value is -1.37. The Morgan fingerprint density at radius 1 is 1.30 bits per heavy atom. The summed E-state index contributed by atoms with van der Waals surface area (Å²) in [5.74, 6) is -0.714. The van der Waals surface area contributed by atoms with Crippen LogP contribution in [0.1, 0.15) is 15.2 Å². The summed E-state index contributed by atoms with van der Waals surface area (Å²) in [6.45, 7) is 1.90. The number of hydrogen-bond acceptors (Lipinski definition) is 5. The van der Waals surface area contributed by atoms with Crippen LogP contribution < -0.4 is 0 Å². The van der Waals surface area contributed by atoms with E-state index in [4.69, 9.17) is 10.7 Å². The van der Waals surface area contributed by atoms with E-state index in [1.54, 1.807) is 0 Å². The number of benzene rings is 1. The van der Waals surface area contributed by atoms with Crippen molar-refractivity contribution >= 4 is 37.0 Å². The minimum absolute atomic E-state index is 0.0132. The lowest BCUT2D eigenvalue weighted by Gasteiger charge is -2.01. The molecular formula is C13H11ClO4S2. The van der Waals surface area contributed by atoms with Crippen LogP contribution in [0.5, 0.6) is 0 Å². The molecular weight excluding hydrogens is 320 g/mol. The first-order chi connectivity index (χ1) is 9.34. The number of halogens is 1. The number of methoxy groups -OCH3 is 1. The molecule has 0 aliphatic carbocycles. The monoisotopic (exact) mass is 330 g/mol. The zero-order chi connectivity index (χ0) is 14.9. The van der Waals surface area contributed by atoms with Gasteiger partial charge in [0.2, 0.25) is 0 Å². The molecule has 0 N–H and O–H groups in total. The molecule has 7 heteroatoms. The van der Waals surface area contributed by atoms with Gasteiger partial charge in [0, 0.05) is 15.6 Å². The highest BCUT2D eigenvalue weighted by Gasteiger charge is 2.26. The molecule has 0 aliphatic rings. The van der Waals surface area contributed by atoms with Gasteiger partial charge in [-0.05, 0) is 24.1 Å². The van der Waals surface area contributed by atoms with Crippen molar-refractivity contribution in [3.63, 3.8) is 0 Å². The number of thiophene rings is 1. The zero-order valence-electron chi connectivity index (χ0n) is 10.7. The van der Waals surface area contributed by atoms with E-state index in [-0.39, 0.29) is 9.77 Å². The summed E-state index contributed by atoms with van der Waals surface area (Å²) in [5, 5.41) is 0. The molecule has 4 nitrogen and oxygen atoms in total. The Balaban J connectivity index is 2.67. The van der Waals surface area contributed by atoms with E-state index in [0.717, 1.165) is 22.5 Å². The average molecular weight is 331 g/mol. The second-order valence-corrected chi connectivity index (χ2v) is 7.63. The van der Waals surface area contributed by atoms with E-state index >= 15 is 0 Å². The fourth-order valence-corrected chi connectivity index (χ4v) is 4.43. The van der Waals surface area contributed by atoms with Gasteiger partial charge < -0.3 is 4.74 Å². The topological polar surface area (TPSA) is 60.4 Å². The predicted octanol–water partition coefficient (Wildman–Crippen LogP) is 3.44. The summed E-state index contributed by atoms with van der Waals surface area (Å²) < 4.78 is 27.7. The summed E-state index contributed by atoms with van der Waals surface area (Å²) >= 11 is 1.05. The lowest BCUT2D eigenvalue weighted by Crippen LogP contribution is -2.03. The molecule has 0 fully saturated rings. The van der Waals surface area contributed by atoms with Crippen LogP contribution in [0.4, 0.5) is 0 Å². The number of aryl methyl sites for hydroxylation is 1. The highest BCUT2D eigenvalue weighted by Crippen LogP contribution is 2.37. The molecule has 0 amide bonds. The number of ether oxygens (including phenoxy) is 1. The van der Waals surface area contributed by atoms with E-state index in [0.29, 0.717) is 4.88 Å². The van der Waals surface area contributed by atoms with E-state index < -0.39 is 15.0 Å². The van der Waals surface area contributed by atoms with Gasteiger partial charge in [-0.15, -0.1) is 11.3 Å². The maximum absolute atomic E-state index is 11.7. The third-order valence-electron chi connectivity index (χ3n) is 2.74. The van der Waals surface area contributed by atoms with Crippen LogP contribution in [-0.4, -0.2) is 21.5 Å². The first-order valence-corrected chi connectivity index (χ1v) is 8.70. The molecule has 0 saturated heterocycles. The Bertz CT molecular complexity index is 762. The number of carbonyl (C=O) groups is 1. The van der Waals surface area contributed by atoms with Crippen LogP contribution in [-0.2, 0) is 13.8 Å². The molecule has 0 aliphatic heterocycles. The number of esters is 1. The van der Waals surface area contributed by atoms with Gasteiger partial charge in [0.25, 0.3) is 9.05 Å². The lowest BCUT2D eigenvalue weighted by molar-refractivity contribution is 0.0602. The van der Waals surface area contributed by atoms with Gasteiger partial charge in [-0.1, -0.05) is 24.3 Å². The Morgan fingerprint density at radius 3 is 2.50 bits per heavy atom. The second-order valence-electron chi connectivity index (χ2n) is 4.05. The van der Waals surface area contributed by atoms with Gasteiger partial charge in [0.15, 0.2) is 0 Å². The van der Waals surface area contributed by atoms with Crippen molar-refractivity contribution in [3.8, 4) is 10.4 Å². The maximum Gasteiger partial charge on any atom is 0.349 e. The van der Waals surface area contributed by atoms with Crippen LogP contribution in [0, 0.1) is 6.92 Å². The summed E-state index contributed by atoms with van der Waals surface area (Å²) in [7, 11) is 2.56. The molecule has 2 rings (SSSR count). The van der Waals surface area contributed by atoms with Crippen molar-refractivity contribution in [3.05, 3.63) is 40.8 Å². The Labute approximate surface area is 125 Å². The minimum Gasteiger partial charge on any atom is -0.465 e. The minimum atomic E-state index is -4.01. The van der Waals surface area contributed by atoms with Gasteiger partial charge in [0.05, 0.1) is 7.11 Å². The van der Waals surface area contributed by atoms with Crippen LogP contribution in [0.3, 0.4) is 0 Å². The SMILES string of the molecule is COC(=O)c1sc(-c2ccccc2C)cc1S(=O)(=O)Cl. The quantitative estimate of drug-likeness (QED) is 0.639. The first-order valence-electron chi connectivity index (χ1n) is 5.57. The normalized spacial score (nSPS) is 11.3. The van der Waals surface area contributed by atoms with Crippen molar-refractivity contribution in [1.29, 1.82) is 0 Å². The van der Waals surface area contributed by atoms with Gasteiger partial charge in [-0.3, -0.25) is 0 Å². The van der Waals surface area contributed by atoms with Crippen LogP contribution in [0.15, 0.2) is 35.2 Å². The van der Waals surface area contributed by atoms with Crippen molar-refractivity contribution in [2.24, 2.45) is 0 Å². The highest BCUT2D eigenvalue weighted by molar-refractivity contribution is 8.13. The van der Waals surface area contributed by atoms with Crippen LogP contribution in [0.2, 0.25) is 0 Å². The largest absolute Gasteiger partial charge is 0.465 e. The molecule has 0 unspecified atom stereocenters. The third-order valence-corrected chi connectivity index (χ3v) is 5.37. The molecule has 1 aromatic heterocycles. The van der Waals surface area contributed by atoms with Crippen LogP contribution in [0.25, 0.3) is 10.4 Å². The standard InChI is InChI=1S/C13H11ClO4S2/c1-8-5-3-4-6-9(8)10-7-11(20(14,16)17)12(19-10)13(15)18-2/h3-7H,1-2H3. The summed E-state index contributed by atoms with van der Waals surface area (Å²) in [5.41, 5.74) is 1.83. The lowest BCUT2D eigenvalue weighted by atomic mass is 10.1. The summed E-state index contributed by atoms with van der Waals surface area (Å²) in [4.78, 5) is 12.1. The number of carbonyl (C=O) groups excluding carboxylic acids is 1. The van der Waals surface area contributed by atoms with Gasteiger partial charge in [-0.25, -0.2) is 13.2 Å². The van der Waals surface area contributed by atoms with Crippen molar-refractivity contribution in [1.82, 2.24) is 0 Å². The predicted molar refractivity (Wildman–Crippen MR) is 78.9 cm³/mol. The average Bonchev–Trinajstić information content (AvgIpc) is 2.83. The summed E-state index contributed by atoms with van der Waals surface area (Å²) in [6, 6.07) is 8.89. The molecule has 0 atom stereocenters. The molecule has 1 heterocycles. The van der Waals surface area contributed by atoms with E-state index in [2.05, 4.69) is 4.74 Å². The molecule has 0 spiro atoms. The first kappa shape index (κ1) is 15.0. The molecule has 0 radical (unpaired) electrons. The molecule has 20 heavy (non-hydrogen) atoms. The fourth-order valence-electron chi connectivity index (χ4n) is 1.77. The van der Waals surface area contributed by atoms with Gasteiger partial charge >= 0.3 is 5.97 Å². The zero-order valence-corrected chi connectivity index (χ0v) is 13.1. The summed E-state index contributed by atoms with van der Waals surface area (Å²) in [6.07, 6.45) is 0. The van der Waals surface area contributed by atoms with E-state index in [1.165, 1.54) is 13.2 Å². The number of hydrogen-bond donors (Lipinski definition) is 0. The number of rotatable bonds is 3. The fraction of sp³-hybridized carbons (Fsp3) is 0.154. The third kappa shape index (κ3) is 2.87. The molecule has 1 aromatic carbocycles. The Kier molecular flexibility index (Phi) is 4.17. The van der Waals surface area contributed by atoms with Gasteiger partial charge in [-0.2, -0.15) is 0 Å². The van der Waals surface area contributed by atoms with Crippen molar-refractivity contribution in [2.45, 2.75) is 11.8 Å². The van der Waals surface area contributed by atoms with E-state index in [9.17, 15) is 13.2 Å². The maximum atomic E-state index is 11.7. The second kappa shape index (κ2) is 5.55. The Morgan fingerprint density at radius 2 is 1.95 bits per heavy atom. The van der Waals surface area contributed by atoms with E-state index in [1.807, 2.05) is 31.2 Å². The molecule has 0 bridgehead atoms. The smallest absolute Gasteiger partial charge is 0.349 e. The molecule has 2 aromatic rings.